The highest BCUT2D eigenvalue weighted by Gasteiger charge is 2.46. The Labute approximate surface area is 184 Å². The van der Waals surface area contributed by atoms with E-state index in [0.29, 0.717) is 5.39 Å². The lowest BCUT2D eigenvalue weighted by Crippen LogP contribution is -2.39. The van der Waals surface area contributed by atoms with E-state index >= 15 is 0 Å². The second-order valence-corrected chi connectivity index (χ2v) is 9.82. The Balaban J connectivity index is 1.49. The third-order valence-electron chi connectivity index (χ3n) is 5.28. The number of aliphatic hydroxyl groups is 2. The minimum atomic E-state index is -4.40. The average Bonchev–Trinajstić information content (AvgIpc) is 3.19. The van der Waals surface area contributed by atoms with Crippen LogP contribution in [0.25, 0.3) is 11.0 Å². The fraction of sp³-hybridized carbons (Fsp3) is 0.688. The van der Waals surface area contributed by atoms with E-state index in [-0.39, 0.29) is 48.7 Å². The maximum absolute atomic E-state index is 13.0. The monoisotopic (exact) mass is 499 g/mol. The normalized spacial score (nSPS) is 28.2. The van der Waals surface area contributed by atoms with Crippen LogP contribution in [-0.4, -0.2) is 83.5 Å². The van der Waals surface area contributed by atoms with Crippen molar-refractivity contribution >= 4 is 36.0 Å². The van der Waals surface area contributed by atoms with Crippen LogP contribution >= 0.6 is 19.2 Å². The Hall–Kier alpha value is -1.51. The Morgan fingerprint density at radius 1 is 1.31 bits per heavy atom. The van der Waals surface area contributed by atoms with Gasteiger partial charge in [-0.25, -0.2) is 13.5 Å². The Morgan fingerprint density at radius 3 is 2.69 bits per heavy atom. The van der Waals surface area contributed by atoms with Crippen LogP contribution in [0.1, 0.15) is 19.1 Å². The Bertz CT molecular complexity index is 1030. The van der Waals surface area contributed by atoms with Crippen LogP contribution in [-0.2, 0) is 14.0 Å². The third-order valence-corrected chi connectivity index (χ3v) is 5.97. The van der Waals surface area contributed by atoms with Crippen LogP contribution in [0.3, 0.4) is 0 Å². The topological polar surface area (TPSA) is 172 Å². The SMILES string of the molecule is O=P(O)(O)COC[C@H]1O[C@@H](n2ncc3c(NCC4CC(F)(F)C4)nc(Cl)nc32)[C@H](O)[C@@H]1O. The molecule has 4 rings (SSSR count). The van der Waals surface area contributed by atoms with E-state index in [1.807, 2.05) is 0 Å². The average molecular weight is 500 g/mol. The van der Waals surface area contributed by atoms with Gasteiger partial charge in [0.05, 0.1) is 18.2 Å². The molecule has 0 unspecified atom stereocenters. The predicted molar refractivity (Wildman–Crippen MR) is 105 cm³/mol. The smallest absolute Gasteiger partial charge is 0.350 e. The largest absolute Gasteiger partial charge is 0.387 e. The van der Waals surface area contributed by atoms with Crippen LogP contribution in [0.5, 0.6) is 0 Å². The standard InChI is InChI=1S/C16H21ClF2N5O7P/c17-15-22-12(20-3-7-1-16(18,19)2-7)8-4-21-24(13(8)23-15)14-11(26)10(25)9(31-14)5-30-6-32(27,28)29/h4,7,9-11,14,25-26H,1-3,5-6H2,(H,20,22,23)(H2,27,28,29)/t9-,10-,11-,14-/m1/s1. The van der Waals surface area contributed by atoms with Gasteiger partial charge in [-0.1, -0.05) is 0 Å². The molecular weight excluding hydrogens is 479 g/mol. The van der Waals surface area contributed by atoms with E-state index in [9.17, 15) is 23.6 Å². The number of aliphatic hydroxyl groups excluding tert-OH is 2. The number of alkyl halides is 2. The molecule has 0 radical (unpaired) electrons. The molecule has 16 heteroatoms. The van der Waals surface area contributed by atoms with Crippen molar-refractivity contribution in [2.45, 2.75) is 43.3 Å². The maximum Gasteiger partial charge on any atom is 0.350 e. The summed E-state index contributed by atoms with van der Waals surface area (Å²) in [5, 5.41) is 28.0. The molecule has 2 fully saturated rings. The molecule has 32 heavy (non-hydrogen) atoms. The van der Waals surface area contributed by atoms with Gasteiger partial charge in [0.2, 0.25) is 11.2 Å². The fourth-order valence-corrected chi connectivity index (χ4v) is 4.25. The molecule has 12 nitrogen and oxygen atoms in total. The first-order valence-corrected chi connectivity index (χ1v) is 11.8. The summed E-state index contributed by atoms with van der Waals surface area (Å²) < 4.78 is 48.7. The molecule has 2 aromatic rings. The molecule has 0 amide bonds. The zero-order valence-electron chi connectivity index (χ0n) is 16.4. The van der Waals surface area contributed by atoms with Gasteiger partial charge in [0.1, 0.15) is 30.5 Å². The Morgan fingerprint density at radius 2 is 2.03 bits per heavy atom. The van der Waals surface area contributed by atoms with Gasteiger partial charge in [0.15, 0.2) is 11.9 Å². The second kappa shape index (κ2) is 8.69. The van der Waals surface area contributed by atoms with Crippen molar-refractivity contribution < 1.29 is 42.8 Å². The summed E-state index contributed by atoms with van der Waals surface area (Å²) in [4.78, 5) is 25.9. The summed E-state index contributed by atoms with van der Waals surface area (Å²) in [5.41, 5.74) is 0.166. The number of fused-ring (bicyclic) bond motifs is 1. The highest BCUT2D eigenvalue weighted by molar-refractivity contribution is 7.51. The van der Waals surface area contributed by atoms with E-state index in [1.54, 1.807) is 0 Å². The number of anilines is 1. The first kappa shape index (κ1) is 23.6. The maximum atomic E-state index is 13.0. The lowest BCUT2D eigenvalue weighted by Gasteiger charge is -2.35. The number of ether oxygens (including phenoxy) is 2. The number of nitrogens with one attached hydrogen (secondary N) is 1. The van der Waals surface area contributed by atoms with Gasteiger partial charge >= 0.3 is 7.60 Å². The number of nitrogens with zero attached hydrogens (tertiary/aromatic N) is 4. The van der Waals surface area contributed by atoms with Crippen LogP contribution in [0.4, 0.5) is 14.6 Å². The van der Waals surface area contributed by atoms with Gasteiger partial charge in [-0.2, -0.15) is 15.1 Å². The molecule has 0 bridgehead atoms. The van der Waals surface area contributed by atoms with Crippen LogP contribution in [0, 0.1) is 5.92 Å². The summed E-state index contributed by atoms with van der Waals surface area (Å²) in [6, 6.07) is 0. The fourth-order valence-electron chi connectivity index (χ4n) is 3.75. The molecule has 0 aromatic carbocycles. The van der Waals surface area contributed by atoms with Crippen LogP contribution in [0.2, 0.25) is 5.28 Å². The van der Waals surface area contributed by atoms with Crippen molar-refractivity contribution in [3.05, 3.63) is 11.5 Å². The minimum Gasteiger partial charge on any atom is -0.387 e. The summed E-state index contributed by atoms with van der Waals surface area (Å²) in [6.07, 6.45) is -5.08. The van der Waals surface area contributed by atoms with E-state index in [1.165, 1.54) is 10.9 Å². The zero-order chi connectivity index (χ0) is 23.3. The molecule has 4 atom stereocenters. The van der Waals surface area contributed by atoms with Gasteiger partial charge in [-0.05, 0) is 17.5 Å². The molecular formula is C16H21ClF2N5O7P. The molecule has 0 spiro atoms. The molecule has 2 aromatic heterocycles. The van der Waals surface area contributed by atoms with Gasteiger partial charge < -0.3 is 34.8 Å². The van der Waals surface area contributed by atoms with E-state index in [4.69, 9.17) is 30.9 Å². The number of hydrogen-bond acceptors (Lipinski definition) is 9. The number of hydrogen-bond donors (Lipinski definition) is 5. The van der Waals surface area contributed by atoms with Crippen molar-refractivity contribution in [2.75, 3.05) is 24.8 Å². The molecule has 1 saturated heterocycles. The number of aromatic nitrogens is 4. The highest BCUT2D eigenvalue weighted by Crippen LogP contribution is 2.42. The van der Waals surface area contributed by atoms with Crippen molar-refractivity contribution in [3.63, 3.8) is 0 Å². The molecule has 5 N–H and O–H groups in total. The van der Waals surface area contributed by atoms with E-state index < -0.39 is 44.4 Å². The summed E-state index contributed by atoms with van der Waals surface area (Å²) in [5.74, 6) is -2.58. The highest BCUT2D eigenvalue weighted by atomic mass is 35.5. The third kappa shape index (κ3) is 5.02. The molecule has 2 aliphatic rings. The summed E-state index contributed by atoms with van der Waals surface area (Å²) in [7, 11) is -4.40. The van der Waals surface area contributed by atoms with E-state index in [2.05, 4.69) is 20.4 Å². The number of rotatable bonds is 8. The molecule has 1 saturated carbocycles. The van der Waals surface area contributed by atoms with E-state index in [0.717, 1.165) is 0 Å². The second-order valence-electron chi connectivity index (χ2n) is 7.89. The number of halogens is 3. The van der Waals surface area contributed by atoms with Crippen molar-refractivity contribution in [2.24, 2.45) is 5.92 Å². The summed E-state index contributed by atoms with van der Waals surface area (Å²) >= 11 is 6.00. The quantitative estimate of drug-likeness (QED) is 0.256. The summed E-state index contributed by atoms with van der Waals surface area (Å²) in [6.45, 7) is -0.128. The van der Waals surface area contributed by atoms with Crippen LogP contribution in [0.15, 0.2) is 6.20 Å². The van der Waals surface area contributed by atoms with Gasteiger partial charge in [0.25, 0.3) is 0 Å². The lowest BCUT2D eigenvalue weighted by atomic mass is 9.81. The van der Waals surface area contributed by atoms with Crippen molar-refractivity contribution in [1.29, 1.82) is 0 Å². The first-order chi connectivity index (χ1) is 14.9. The van der Waals surface area contributed by atoms with Gasteiger partial charge in [0, 0.05) is 19.4 Å². The van der Waals surface area contributed by atoms with Gasteiger partial charge in [-0.15, -0.1) is 0 Å². The Kier molecular flexibility index (Phi) is 6.42. The molecule has 178 valence electrons. The van der Waals surface area contributed by atoms with Crippen molar-refractivity contribution in [1.82, 2.24) is 19.7 Å². The molecule has 1 aliphatic heterocycles. The first-order valence-electron chi connectivity index (χ1n) is 9.60. The lowest BCUT2D eigenvalue weighted by molar-refractivity contribution is -0.106. The van der Waals surface area contributed by atoms with Crippen molar-refractivity contribution in [3.8, 4) is 0 Å². The minimum absolute atomic E-state index is 0.157. The zero-order valence-corrected chi connectivity index (χ0v) is 18.0. The van der Waals surface area contributed by atoms with Gasteiger partial charge in [-0.3, -0.25) is 4.57 Å². The predicted octanol–water partition coefficient (Wildman–Crippen LogP) is 0.708. The molecule has 3 heterocycles. The van der Waals surface area contributed by atoms with Crippen LogP contribution < -0.4 is 5.32 Å². The molecule has 1 aliphatic carbocycles.